The van der Waals surface area contributed by atoms with Crippen LogP contribution in [0, 0.1) is 0 Å². The van der Waals surface area contributed by atoms with Gasteiger partial charge in [-0.3, -0.25) is 9.59 Å². The number of carbonyl (C=O) groups excluding carboxylic acids is 2. The Labute approximate surface area is 187 Å². The minimum atomic E-state index is -0.648. The van der Waals surface area contributed by atoms with E-state index in [1.807, 2.05) is 6.07 Å². The molecule has 0 aromatic heterocycles. The summed E-state index contributed by atoms with van der Waals surface area (Å²) in [4.78, 5) is 27.3. The molecule has 0 fully saturated rings. The van der Waals surface area contributed by atoms with E-state index in [1.165, 1.54) is 4.90 Å². The standard InChI is InChI=1S/C22H25Cl3N2O2/c1-3-4-10-26-22(29)15(2)27(14-17-8-9-19(24)13-20(17)25)21(28)12-16-6-5-7-18(23)11-16/h5-9,11,13,15H,3-4,10,12,14H2,1-2H3,(H,26,29). The zero-order valence-corrected chi connectivity index (χ0v) is 18.8. The summed E-state index contributed by atoms with van der Waals surface area (Å²) in [5.74, 6) is -0.376. The van der Waals surface area contributed by atoms with E-state index in [0.717, 1.165) is 24.0 Å². The van der Waals surface area contributed by atoms with Gasteiger partial charge < -0.3 is 10.2 Å². The van der Waals surface area contributed by atoms with Crippen LogP contribution in [0.2, 0.25) is 15.1 Å². The molecule has 2 rings (SSSR count). The van der Waals surface area contributed by atoms with Gasteiger partial charge in [0.15, 0.2) is 0 Å². The molecule has 2 amide bonds. The van der Waals surface area contributed by atoms with Crippen molar-refractivity contribution in [3.63, 3.8) is 0 Å². The topological polar surface area (TPSA) is 49.4 Å². The van der Waals surface area contributed by atoms with Crippen molar-refractivity contribution in [2.45, 2.75) is 45.7 Å². The van der Waals surface area contributed by atoms with E-state index in [0.29, 0.717) is 21.6 Å². The van der Waals surface area contributed by atoms with Crippen molar-refractivity contribution in [2.75, 3.05) is 6.54 Å². The SMILES string of the molecule is CCCCNC(=O)C(C)N(Cc1ccc(Cl)cc1Cl)C(=O)Cc1cccc(Cl)c1. The number of nitrogens with zero attached hydrogens (tertiary/aromatic N) is 1. The number of hydrogen-bond donors (Lipinski definition) is 1. The Balaban J connectivity index is 2.23. The molecule has 7 heteroatoms. The van der Waals surface area contributed by atoms with Gasteiger partial charge in [0.05, 0.1) is 6.42 Å². The normalized spacial score (nSPS) is 11.8. The average Bonchev–Trinajstić information content (AvgIpc) is 2.67. The molecule has 0 saturated heterocycles. The van der Waals surface area contributed by atoms with E-state index in [4.69, 9.17) is 34.8 Å². The molecule has 0 saturated carbocycles. The van der Waals surface area contributed by atoms with Gasteiger partial charge in [-0.05, 0) is 48.7 Å². The van der Waals surface area contributed by atoms with Crippen molar-refractivity contribution in [3.8, 4) is 0 Å². The molecule has 0 aliphatic rings. The highest BCUT2D eigenvalue weighted by Crippen LogP contribution is 2.24. The summed E-state index contributed by atoms with van der Waals surface area (Å²) in [5.41, 5.74) is 1.51. The van der Waals surface area contributed by atoms with Gasteiger partial charge in [-0.25, -0.2) is 0 Å². The Bertz CT molecular complexity index is 858. The van der Waals surface area contributed by atoms with Crippen LogP contribution < -0.4 is 5.32 Å². The van der Waals surface area contributed by atoms with Gasteiger partial charge in [-0.1, -0.05) is 66.3 Å². The van der Waals surface area contributed by atoms with E-state index in [1.54, 1.807) is 43.3 Å². The highest BCUT2D eigenvalue weighted by molar-refractivity contribution is 6.35. The van der Waals surface area contributed by atoms with Crippen LogP contribution in [0.5, 0.6) is 0 Å². The third kappa shape index (κ3) is 7.22. The van der Waals surface area contributed by atoms with Gasteiger partial charge in [0.2, 0.25) is 11.8 Å². The second-order valence-electron chi connectivity index (χ2n) is 6.88. The number of carbonyl (C=O) groups is 2. The zero-order valence-electron chi connectivity index (χ0n) is 16.6. The quantitative estimate of drug-likeness (QED) is 0.506. The van der Waals surface area contributed by atoms with Crippen LogP contribution in [0.3, 0.4) is 0 Å². The maximum atomic E-state index is 13.1. The molecule has 0 heterocycles. The molecule has 1 unspecified atom stereocenters. The second-order valence-corrected chi connectivity index (χ2v) is 8.16. The molecule has 156 valence electrons. The number of hydrogen-bond acceptors (Lipinski definition) is 2. The maximum absolute atomic E-state index is 13.1. The molecule has 0 aliphatic carbocycles. The van der Waals surface area contributed by atoms with Crippen molar-refractivity contribution in [2.24, 2.45) is 0 Å². The van der Waals surface area contributed by atoms with E-state index in [2.05, 4.69) is 12.2 Å². The van der Waals surface area contributed by atoms with Crippen molar-refractivity contribution < 1.29 is 9.59 Å². The van der Waals surface area contributed by atoms with E-state index >= 15 is 0 Å². The smallest absolute Gasteiger partial charge is 0.242 e. The van der Waals surface area contributed by atoms with Gasteiger partial charge >= 0.3 is 0 Å². The number of nitrogens with one attached hydrogen (secondary N) is 1. The predicted molar refractivity (Wildman–Crippen MR) is 120 cm³/mol. The zero-order chi connectivity index (χ0) is 21.4. The van der Waals surface area contributed by atoms with E-state index in [9.17, 15) is 9.59 Å². The average molecular weight is 456 g/mol. The van der Waals surface area contributed by atoms with Gasteiger partial charge in [0, 0.05) is 28.2 Å². The number of rotatable bonds is 9. The lowest BCUT2D eigenvalue weighted by Gasteiger charge is -2.29. The van der Waals surface area contributed by atoms with Crippen LogP contribution in [0.1, 0.15) is 37.8 Å². The molecule has 4 nitrogen and oxygen atoms in total. The second kappa shape index (κ2) is 11.4. The van der Waals surface area contributed by atoms with Gasteiger partial charge in [-0.2, -0.15) is 0 Å². The molecule has 0 radical (unpaired) electrons. The molecule has 0 bridgehead atoms. The summed E-state index contributed by atoms with van der Waals surface area (Å²) in [6.07, 6.45) is 2.00. The summed E-state index contributed by atoms with van der Waals surface area (Å²) >= 11 is 18.3. The fraction of sp³-hybridized carbons (Fsp3) is 0.364. The molecule has 2 aromatic rings. The molecule has 1 N–H and O–H groups in total. The summed E-state index contributed by atoms with van der Waals surface area (Å²) in [5, 5.41) is 4.43. The number of halogens is 3. The number of benzene rings is 2. The lowest BCUT2D eigenvalue weighted by atomic mass is 10.1. The van der Waals surface area contributed by atoms with Crippen LogP contribution in [0.25, 0.3) is 0 Å². The Hall–Kier alpha value is -1.75. The fourth-order valence-electron chi connectivity index (χ4n) is 2.88. The molecule has 0 aliphatic heterocycles. The van der Waals surface area contributed by atoms with E-state index in [-0.39, 0.29) is 24.8 Å². The molecule has 1 atom stereocenters. The fourth-order valence-corrected chi connectivity index (χ4v) is 3.56. The predicted octanol–water partition coefficient (Wildman–Crippen LogP) is 5.52. The molecule has 0 spiro atoms. The Morgan fingerprint density at radius 2 is 1.79 bits per heavy atom. The minimum absolute atomic E-state index is 0.137. The molecular weight excluding hydrogens is 431 g/mol. The first-order valence-corrected chi connectivity index (χ1v) is 10.7. The number of amides is 2. The summed E-state index contributed by atoms with van der Waals surface area (Å²) < 4.78 is 0. The van der Waals surface area contributed by atoms with Gasteiger partial charge in [0.25, 0.3) is 0 Å². The highest BCUT2D eigenvalue weighted by atomic mass is 35.5. The van der Waals surface area contributed by atoms with Crippen molar-refractivity contribution >= 4 is 46.6 Å². The lowest BCUT2D eigenvalue weighted by Crippen LogP contribution is -2.48. The summed E-state index contributed by atoms with van der Waals surface area (Å²) in [6.45, 7) is 4.56. The highest BCUT2D eigenvalue weighted by Gasteiger charge is 2.26. The summed E-state index contributed by atoms with van der Waals surface area (Å²) in [7, 11) is 0. The van der Waals surface area contributed by atoms with Crippen LogP contribution in [0.4, 0.5) is 0 Å². The van der Waals surface area contributed by atoms with Crippen LogP contribution in [-0.2, 0) is 22.6 Å². The molecule has 2 aromatic carbocycles. The molecule has 29 heavy (non-hydrogen) atoms. The van der Waals surface area contributed by atoms with Crippen molar-refractivity contribution in [3.05, 3.63) is 68.7 Å². The van der Waals surface area contributed by atoms with Crippen LogP contribution in [0.15, 0.2) is 42.5 Å². The first kappa shape index (κ1) is 23.5. The van der Waals surface area contributed by atoms with Crippen molar-refractivity contribution in [1.82, 2.24) is 10.2 Å². The van der Waals surface area contributed by atoms with Crippen molar-refractivity contribution in [1.29, 1.82) is 0 Å². The Morgan fingerprint density at radius 3 is 2.45 bits per heavy atom. The Morgan fingerprint density at radius 1 is 1.07 bits per heavy atom. The lowest BCUT2D eigenvalue weighted by molar-refractivity contribution is -0.140. The first-order valence-electron chi connectivity index (χ1n) is 9.57. The van der Waals surface area contributed by atoms with E-state index < -0.39 is 6.04 Å². The van der Waals surface area contributed by atoms with Gasteiger partial charge in [-0.15, -0.1) is 0 Å². The Kier molecular flexibility index (Phi) is 9.28. The third-order valence-electron chi connectivity index (χ3n) is 4.60. The first-order chi connectivity index (χ1) is 13.8. The van der Waals surface area contributed by atoms with Crippen LogP contribution in [-0.4, -0.2) is 29.3 Å². The minimum Gasteiger partial charge on any atom is -0.354 e. The number of unbranched alkanes of at least 4 members (excludes halogenated alkanes) is 1. The monoisotopic (exact) mass is 454 g/mol. The third-order valence-corrected chi connectivity index (χ3v) is 5.42. The molecular formula is C22H25Cl3N2O2. The summed E-state index contributed by atoms with van der Waals surface area (Å²) in [6, 6.07) is 11.6. The van der Waals surface area contributed by atoms with Crippen LogP contribution >= 0.6 is 34.8 Å². The largest absolute Gasteiger partial charge is 0.354 e. The maximum Gasteiger partial charge on any atom is 0.242 e. The van der Waals surface area contributed by atoms with Gasteiger partial charge in [0.1, 0.15) is 6.04 Å².